The third-order valence-corrected chi connectivity index (χ3v) is 3.84. The topological polar surface area (TPSA) is 144 Å². The molecule has 0 saturated heterocycles. The zero-order valence-corrected chi connectivity index (χ0v) is 11.4. The van der Waals surface area contributed by atoms with Gasteiger partial charge in [-0.2, -0.15) is 0 Å². The molecule has 0 rings (SSSR count). The van der Waals surface area contributed by atoms with Crippen LogP contribution in [0.3, 0.4) is 0 Å². The highest BCUT2D eigenvalue weighted by atomic mass is 31.2. The van der Waals surface area contributed by atoms with Gasteiger partial charge in [0.2, 0.25) is 0 Å². The second-order valence-electron chi connectivity index (χ2n) is 3.21. The molecule has 0 saturated carbocycles. The molecule has 10 heteroatoms. The monoisotopic (exact) mass is 280 g/mol. The van der Waals surface area contributed by atoms with Gasteiger partial charge >= 0.3 is 13.2 Å². The number of primary amides is 1. The molecule has 104 valence electrons. The summed E-state index contributed by atoms with van der Waals surface area (Å²) in [7, 11) is -3.77. The molecule has 9 nitrogen and oxygen atoms in total. The summed E-state index contributed by atoms with van der Waals surface area (Å²) in [6.45, 7) is 3.63. The van der Waals surface area contributed by atoms with Crippen molar-refractivity contribution in [2.75, 3.05) is 26.3 Å². The van der Waals surface area contributed by atoms with Crippen LogP contribution in [0.5, 0.6) is 0 Å². The van der Waals surface area contributed by atoms with E-state index >= 15 is 0 Å². The number of azide groups is 1. The first kappa shape index (κ1) is 17.1. The summed E-state index contributed by atoms with van der Waals surface area (Å²) in [5, 5.41) is 4.53. The van der Waals surface area contributed by atoms with Crippen molar-refractivity contribution in [3.05, 3.63) is 10.4 Å². The summed E-state index contributed by atoms with van der Waals surface area (Å²) < 4.78 is 21.8. The summed E-state index contributed by atoms with van der Waals surface area (Å²) in [5.74, 6) is 0. The molecular formula is C8H19N5O4P+. The number of carbonyl (C=O) groups is 1. The fourth-order valence-corrected chi connectivity index (χ4v) is 2.45. The minimum atomic E-state index is -3.77. The van der Waals surface area contributed by atoms with Crippen molar-refractivity contribution < 1.29 is 23.7 Å². The summed E-state index contributed by atoms with van der Waals surface area (Å²) >= 11 is 0. The van der Waals surface area contributed by atoms with Crippen LogP contribution in [0.25, 0.3) is 10.4 Å². The van der Waals surface area contributed by atoms with Gasteiger partial charge in [0.25, 0.3) is 0 Å². The zero-order chi connectivity index (χ0) is 14.0. The lowest BCUT2D eigenvalue weighted by atomic mass is 10.3. The molecule has 18 heavy (non-hydrogen) atoms. The molecule has 0 aromatic heterocycles. The number of quaternary nitrogens is 1. The Morgan fingerprint density at radius 1 is 1.50 bits per heavy atom. The van der Waals surface area contributed by atoms with E-state index in [1.807, 2.05) is 0 Å². The van der Waals surface area contributed by atoms with E-state index in [-0.39, 0.29) is 26.3 Å². The maximum Gasteiger partial charge on any atom is 0.457 e. The van der Waals surface area contributed by atoms with E-state index in [2.05, 4.69) is 10.0 Å². The Morgan fingerprint density at radius 3 is 2.44 bits per heavy atom. The van der Waals surface area contributed by atoms with Crippen LogP contribution in [0.15, 0.2) is 5.11 Å². The van der Waals surface area contributed by atoms with Crippen LogP contribution < -0.4 is 11.1 Å². The molecule has 0 aliphatic carbocycles. The predicted octanol–water partition coefficient (Wildman–Crippen LogP) is 0.573. The standard InChI is InChI=1S/C8H18N5O4P/c1-3-16-18(15,17-4-2)8(14)11-6-7(5-9)12-13-10/h7H,3-6,9H2,1-2H3,(H,11,14)/p+1. The second kappa shape index (κ2) is 9.04. The van der Waals surface area contributed by atoms with E-state index in [1.165, 1.54) is 0 Å². The highest BCUT2D eigenvalue weighted by molar-refractivity contribution is 7.70. The van der Waals surface area contributed by atoms with Gasteiger partial charge in [0.1, 0.15) is 0 Å². The Kier molecular flexibility index (Phi) is 8.57. The van der Waals surface area contributed by atoms with Crippen molar-refractivity contribution in [2.24, 2.45) is 10.8 Å². The molecular weight excluding hydrogens is 261 g/mol. The number of hydrogen-bond donors (Lipinski definition) is 2. The van der Waals surface area contributed by atoms with Crippen LogP contribution in [-0.2, 0) is 13.6 Å². The van der Waals surface area contributed by atoms with Gasteiger partial charge < -0.3 is 5.73 Å². The molecule has 1 atom stereocenters. The first-order valence-corrected chi connectivity index (χ1v) is 7.09. The normalized spacial score (nSPS) is 12.8. The Labute approximate surface area is 105 Å². The Morgan fingerprint density at radius 2 is 2.06 bits per heavy atom. The van der Waals surface area contributed by atoms with E-state index in [9.17, 15) is 9.36 Å². The highest BCUT2D eigenvalue weighted by Gasteiger charge is 2.38. The minimum absolute atomic E-state index is 0.0986. The van der Waals surface area contributed by atoms with Crippen molar-refractivity contribution in [1.29, 1.82) is 0 Å². The third-order valence-electron chi connectivity index (χ3n) is 1.92. The maximum absolute atomic E-state index is 12.0. The van der Waals surface area contributed by atoms with E-state index in [4.69, 9.17) is 20.3 Å². The van der Waals surface area contributed by atoms with Gasteiger partial charge in [0.05, 0.1) is 25.8 Å². The summed E-state index contributed by atoms with van der Waals surface area (Å²) in [6.07, 6.45) is 0. The average Bonchev–Trinajstić information content (AvgIpc) is 2.34. The summed E-state index contributed by atoms with van der Waals surface area (Å²) in [4.78, 5) is 14.3. The lowest BCUT2D eigenvalue weighted by Crippen LogP contribution is -2.89. The molecule has 0 fully saturated rings. The molecule has 0 aromatic rings. The molecule has 4 N–H and O–H groups in total. The number of nitrogens with zero attached hydrogens (tertiary/aromatic N) is 3. The number of carbonyl (C=O) groups excluding carboxylic acids is 1. The minimum Gasteiger partial charge on any atom is -0.330 e. The lowest BCUT2D eigenvalue weighted by molar-refractivity contribution is -0.549. The molecule has 0 spiro atoms. The van der Waals surface area contributed by atoms with Crippen molar-refractivity contribution >= 4 is 13.2 Å². The van der Waals surface area contributed by atoms with Crippen LogP contribution in [0.2, 0.25) is 0 Å². The van der Waals surface area contributed by atoms with Crippen molar-refractivity contribution in [3.63, 3.8) is 0 Å². The molecule has 1 amide bonds. The number of amides is 1. The van der Waals surface area contributed by atoms with Crippen LogP contribution in [0, 0.1) is 0 Å². The van der Waals surface area contributed by atoms with Gasteiger partial charge in [0.15, 0.2) is 0 Å². The first-order valence-electron chi connectivity index (χ1n) is 5.55. The maximum atomic E-state index is 12.0. The molecule has 0 aromatic carbocycles. The Bertz CT molecular complexity index is 347. The molecule has 0 bridgehead atoms. The Balaban J connectivity index is 4.52. The molecule has 0 aliphatic rings. The van der Waals surface area contributed by atoms with E-state index in [1.54, 1.807) is 13.8 Å². The first-order chi connectivity index (χ1) is 8.53. The van der Waals surface area contributed by atoms with Gasteiger partial charge in [-0.15, -0.1) is 0 Å². The highest BCUT2D eigenvalue weighted by Crippen LogP contribution is 2.47. The van der Waals surface area contributed by atoms with Gasteiger partial charge in [-0.05, 0) is 19.4 Å². The average molecular weight is 280 g/mol. The SMILES string of the molecule is CCOP(=O)(OCC)C(=O)[NH2+]CC(CN)N=[N+]=[N-]. The van der Waals surface area contributed by atoms with Gasteiger partial charge in [0, 0.05) is 11.5 Å². The van der Waals surface area contributed by atoms with Gasteiger partial charge in [-0.25, -0.2) is 9.36 Å². The van der Waals surface area contributed by atoms with Crippen LogP contribution >= 0.6 is 7.60 Å². The van der Waals surface area contributed by atoms with E-state index < -0.39 is 19.3 Å². The van der Waals surface area contributed by atoms with Gasteiger partial charge in [-0.1, -0.05) is 5.11 Å². The lowest BCUT2D eigenvalue weighted by Gasteiger charge is -2.13. The molecule has 1 unspecified atom stereocenters. The molecule has 0 aliphatic heterocycles. The molecule has 0 radical (unpaired) electrons. The third kappa shape index (κ3) is 5.59. The van der Waals surface area contributed by atoms with Crippen LogP contribution in [0.4, 0.5) is 4.79 Å². The number of nitrogens with two attached hydrogens (primary N) is 2. The fourth-order valence-electron chi connectivity index (χ4n) is 1.12. The Hall–Kier alpha value is -0.950. The van der Waals surface area contributed by atoms with E-state index in [0.717, 1.165) is 5.32 Å². The quantitative estimate of drug-likeness (QED) is 0.274. The zero-order valence-electron chi connectivity index (χ0n) is 10.5. The number of hydrogen-bond acceptors (Lipinski definition) is 6. The smallest absolute Gasteiger partial charge is 0.330 e. The largest absolute Gasteiger partial charge is 0.457 e. The van der Waals surface area contributed by atoms with Crippen molar-refractivity contribution in [1.82, 2.24) is 0 Å². The van der Waals surface area contributed by atoms with E-state index in [0.29, 0.717) is 0 Å². The van der Waals surface area contributed by atoms with Gasteiger partial charge in [-0.3, -0.25) is 14.4 Å². The second-order valence-corrected chi connectivity index (χ2v) is 5.16. The fraction of sp³-hybridized carbons (Fsp3) is 0.875. The molecule has 0 heterocycles. The number of rotatable bonds is 9. The predicted molar refractivity (Wildman–Crippen MR) is 65.0 cm³/mol. The van der Waals surface area contributed by atoms with Crippen LogP contribution in [0.1, 0.15) is 13.8 Å². The summed E-state index contributed by atoms with van der Waals surface area (Å²) in [5.41, 5.74) is 12.9. The van der Waals surface area contributed by atoms with Crippen molar-refractivity contribution in [2.45, 2.75) is 19.9 Å². The summed E-state index contributed by atoms with van der Waals surface area (Å²) in [6, 6.07) is -0.546. The van der Waals surface area contributed by atoms with Crippen LogP contribution in [-0.4, -0.2) is 38.0 Å². The van der Waals surface area contributed by atoms with Crippen molar-refractivity contribution in [3.8, 4) is 0 Å².